The van der Waals surface area contributed by atoms with E-state index < -0.39 is 140 Å². The molecule has 776 valence electrons. The van der Waals surface area contributed by atoms with Gasteiger partial charge in [0, 0.05) is 84.8 Å². The number of sulfone groups is 1. The number of nitrogens with two attached hydrogens (primary N) is 6. The van der Waals surface area contributed by atoms with E-state index in [1.807, 2.05) is 127 Å². The Hall–Kier alpha value is -11.5. The highest BCUT2D eigenvalue weighted by Crippen LogP contribution is 2.40. The molecule has 15 rings (SSSR count). The lowest BCUT2D eigenvalue weighted by Crippen LogP contribution is -2.41. The van der Waals surface area contributed by atoms with Gasteiger partial charge >= 0.3 is 30.4 Å². The molecule has 145 heavy (non-hydrogen) atoms. The van der Waals surface area contributed by atoms with E-state index in [1.54, 1.807) is 106 Å². The molecule has 0 radical (unpaired) electrons. The second-order valence-corrected chi connectivity index (χ2v) is 45.3. The number of thioether (sulfide) groups is 1. The fourth-order valence-corrected chi connectivity index (χ4v) is 17.6. The molecule has 38 nitrogen and oxygen atoms in total. The number of fused-ring (bicyclic) bond motifs is 4. The zero-order valence-corrected chi connectivity index (χ0v) is 90.1. The monoisotopic (exact) mass is 2360 g/mol. The molecule has 0 aliphatic carbocycles. The summed E-state index contributed by atoms with van der Waals surface area (Å²) < 4.78 is 208. The minimum Gasteiger partial charge on any atom is -0.479 e. The Labute approximate surface area is 872 Å². The van der Waals surface area contributed by atoms with Crippen LogP contribution in [0.5, 0.6) is 5.75 Å². The van der Waals surface area contributed by atoms with Crippen molar-refractivity contribution in [1.29, 1.82) is 0 Å². The average molecular weight is 2370 g/mol. The number of nitrogens with zero attached hydrogens (tertiary/aromatic N) is 4. The molecule has 6 amide bonds. The zero-order valence-electron chi connectivity index (χ0n) is 79.9. The number of sulfonamides is 2. The fourth-order valence-electron chi connectivity index (χ4n) is 12.6. The van der Waals surface area contributed by atoms with E-state index in [2.05, 4.69) is 96.4 Å². The number of carbonyl (C=O) groups is 6. The number of thiocarbonyl (C=S) groups is 1. The summed E-state index contributed by atoms with van der Waals surface area (Å²) >= 11 is 14.6. The van der Waals surface area contributed by atoms with Crippen molar-refractivity contribution in [2.24, 2.45) is 34.4 Å². The smallest absolute Gasteiger partial charge is 0.479 e. The second-order valence-electron chi connectivity index (χ2n) is 34.1. The van der Waals surface area contributed by atoms with E-state index in [9.17, 15) is 84.4 Å². The molecule has 2 saturated heterocycles. The third-order valence-corrected chi connectivity index (χ3v) is 29.6. The van der Waals surface area contributed by atoms with Gasteiger partial charge in [-0.25, -0.2) is 63.2 Å². The molecule has 13 aromatic rings. The maximum atomic E-state index is 13.7. The minimum absolute atomic E-state index is 0.0426. The number of H-pyrrole nitrogens is 4. The lowest BCUT2D eigenvalue weighted by molar-refractivity contribution is -0.118. The van der Waals surface area contributed by atoms with Crippen LogP contribution >= 0.6 is 78.4 Å². The van der Waals surface area contributed by atoms with Gasteiger partial charge in [-0.3, -0.25) is 24.0 Å². The number of alkyl halides is 1. The van der Waals surface area contributed by atoms with Crippen molar-refractivity contribution in [2.75, 3.05) is 36.4 Å². The van der Waals surface area contributed by atoms with Gasteiger partial charge in [0.2, 0.25) is 88.8 Å². The number of hydrogen-bond acceptors (Lipinski definition) is 28. The number of aromatic amines is 4. The number of amides is 6. The van der Waals surface area contributed by atoms with Crippen LogP contribution in [-0.2, 0) is 111 Å². The van der Waals surface area contributed by atoms with Gasteiger partial charge < -0.3 is 91.9 Å². The predicted molar refractivity (Wildman–Crippen MR) is 559 cm³/mol. The number of aromatic nitrogens is 8. The lowest BCUT2D eigenvalue weighted by Gasteiger charge is -2.32. The highest BCUT2D eigenvalue weighted by Gasteiger charge is 2.53. The first-order valence-corrected chi connectivity index (χ1v) is 53.6. The average Bonchev–Trinajstić information content (AvgIpc) is 1.74. The number of pyridine rings is 4. The summed E-state index contributed by atoms with van der Waals surface area (Å²) in [5.41, 5.74) is 37.2. The van der Waals surface area contributed by atoms with Gasteiger partial charge in [0.25, 0.3) is 0 Å². The molecular formula is C91H103B2Br2F5IN17O21S6. The summed E-state index contributed by atoms with van der Waals surface area (Å²) in [7, 11) is -16.8. The maximum Gasteiger partial charge on any atom is 0.494 e. The zero-order chi connectivity index (χ0) is 108. The van der Waals surface area contributed by atoms with E-state index in [4.69, 9.17) is 69.0 Å². The Morgan fingerprint density at radius 3 is 1.21 bits per heavy atom. The molecule has 2 aliphatic heterocycles. The van der Waals surface area contributed by atoms with Crippen molar-refractivity contribution in [2.45, 2.75) is 150 Å². The van der Waals surface area contributed by atoms with Gasteiger partial charge in [0.1, 0.15) is 33.1 Å². The van der Waals surface area contributed by atoms with E-state index in [0.717, 1.165) is 99.1 Å². The summed E-state index contributed by atoms with van der Waals surface area (Å²) in [6.07, 6.45) is 9.44. The van der Waals surface area contributed by atoms with Crippen LogP contribution in [0.2, 0.25) is 0 Å². The summed E-state index contributed by atoms with van der Waals surface area (Å²) in [6, 6.07) is 38.9. The van der Waals surface area contributed by atoms with Gasteiger partial charge in [-0.15, -0.1) is 0 Å². The largest absolute Gasteiger partial charge is 0.494 e. The Balaban J connectivity index is 0.000000212. The second kappa shape index (κ2) is 50.7. The van der Waals surface area contributed by atoms with Crippen LogP contribution in [-0.4, -0.2) is 192 Å². The molecule has 2 fully saturated rings. The lowest BCUT2D eigenvalue weighted by atomic mass is 9.79. The van der Waals surface area contributed by atoms with Gasteiger partial charge in [0.05, 0.1) is 86.5 Å². The van der Waals surface area contributed by atoms with E-state index in [0.29, 0.717) is 48.5 Å². The van der Waals surface area contributed by atoms with Crippen molar-refractivity contribution in [1.82, 2.24) is 54.6 Å². The molecule has 0 bridgehead atoms. The number of primary amides is 5. The normalized spacial score (nSPS) is 13.8. The van der Waals surface area contributed by atoms with Crippen molar-refractivity contribution < 1.29 is 117 Å². The first kappa shape index (κ1) is 119. The van der Waals surface area contributed by atoms with Crippen LogP contribution in [0.4, 0.5) is 26.7 Å². The van der Waals surface area contributed by atoms with Crippen LogP contribution in [0.15, 0.2) is 205 Å². The summed E-state index contributed by atoms with van der Waals surface area (Å²) in [6.45, 7) is 22.2. The Morgan fingerprint density at radius 1 is 0.497 bits per heavy atom. The number of hydrogen-bond donors (Lipinski definition) is 13. The fraction of sp³-hybridized carbons (Fsp3) is 0.286. The molecule has 8 aromatic heterocycles. The Kier molecular flexibility index (Phi) is 41.6. The van der Waals surface area contributed by atoms with Crippen LogP contribution in [0.1, 0.15) is 100 Å². The molecule has 0 saturated carbocycles. The van der Waals surface area contributed by atoms with Crippen molar-refractivity contribution >= 4 is 228 Å². The molecular weight excluding hydrogens is 2260 g/mol. The van der Waals surface area contributed by atoms with Crippen molar-refractivity contribution in [3.05, 3.63) is 232 Å². The van der Waals surface area contributed by atoms with Crippen LogP contribution in [0.25, 0.3) is 66.4 Å². The number of nitrogens with one attached hydrogen (secondary N) is 7. The molecule has 2 aliphatic rings. The first-order chi connectivity index (χ1) is 67.5. The first-order valence-electron chi connectivity index (χ1n) is 42.9. The minimum atomic E-state index is -4.91. The van der Waals surface area contributed by atoms with Crippen molar-refractivity contribution in [3.63, 3.8) is 0 Å². The Bertz CT molecular complexity index is 7290. The molecule has 54 heteroatoms. The van der Waals surface area contributed by atoms with Crippen molar-refractivity contribution in [3.8, 4) is 28.0 Å². The number of halogens is 8. The molecule has 10 heterocycles. The predicted octanol–water partition coefficient (Wildman–Crippen LogP) is 11.4. The van der Waals surface area contributed by atoms with Crippen LogP contribution in [0, 0.1) is 29.1 Å². The number of alkyl carbamates (subject to hydrolysis) is 1. The van der Waals surface area contributed by atoms with Gasteiger partial charge in [0.15, 0.2) is 9.84 Å². The molecule has 5 aromatic carbocycles. The number of ether oxygens (including phenoxy) is 2. The quantitative estimate of drug-likeness (QED) is 0.00291. The van der Waals surface area contributed by atoms with E-state index in [-0.39, 0.29) is 65.9 Å². The maximum absolute atomic E-state index is 13.7. The summed E-state index contributed by atoms with van der Waals surface area (Å²) in [5, 5.41) is 6.05. The molecule has 0 spiro atoms. The SMILES string of the molecule is Brc1ccnc2[nH]ccc12.CC(C)(C)OC(=O)NCNS(=O)(=O)c1ccc(-c2ccnc3[nH]c(CC(N)=O)cc23)cc1.CC1(C)OB(c2ccc(S(=O)(=O)Oc3c(F)c(F)c(F)c(F)c3F)cc2)OC1(C)C.CC1(C)OB(c2ccc(S(C)(=O)=O)cc2)OC1(C)C.CCOC(=S)SCC(N)=O.NC(=O)CI.NC(=O)Cc1cc2c(Br)ccnc2[nH]1.NCNS(=O)(=O)c1ccc(-c2ccnc3[nH]c(CC(N)=O)cc23)cc1. The molecule has 0 atom stereocenters. The highest BCUT2D eigenvalue weighted by molar-refractivity contribution is 14.1. The topological polar surface area (TPSA) is 611 Å². The third-order valence-electron chi connectivity index (χ3n) is 20.9. The van der Waals surface area contributed by atoms with Gasteiger partial charge in [-0.2, -0.15) is 26.6 Å². The summed E-state index contributed by atoms with van der Waals surface area (Å²) in [4.78, 5) is 93.2. The van der Waals surface area contributed by atoms with Crippen LogP contribution < -0.4 is 64.3 Å². The number of carbonyl (C=O) groups excluding carboxylic acids is 6. The standard InChI is InChI=1S/C21H25N5O5S.C18H16BF5O5S.C16H17N5O3S.C13H19BO4S.C9H8BrN3O.C7H5BrN2.C5H9NO2S2.C2H4INO/c1-21(2,3)31-20(28)24-12-25-32(29,30)15-6-4-13(5-7-15)16-8-9-23-19-17(16)10-14(26-19)11-18(22)27;1-17(2)18(3,4)29-19(28-17)9-5-7-10(8-6-9)30(25,26)27-16-14(23)12(21)11(20)13(22)15(16)24;17-9-20-25(23,24)12-3-1-10(2-4-12)13-5-6-19-16-14(13)7-11(21-16)8-15(18)22;1-12(2)13(3,4)18-14(17-12)10-6-8-11(9-7-10)19(5,15)16;10-7-1-2-12-9-6(7)3-5(13-9)4-8(11)14;8-6-2-4-10-7-5(6)1-3-9-7;1-2-8-5(9)10-3-4(6)7;3-1-2(4)5/h4-10,25H,11-12H2,1-3H3,(H2,22,27)(H,23,26)(H,24,28);5-8H,1-4H3;1-7,20H,8-9,17H2,(H2,18,22)(H,19,21);6-9H,1-5H3;1-3H,4H2,(H2,11,14)(H,12,13);1-4H,(H,9,10);2-3H2,1H3,(H2,6,7);1H2,(H2,4,5). The molecule has 0 unspecified atom stereocenters. The number of rotatable bonds is 25. The van der Waals surface area contributed by atoms with E-state index in [1.165, 1.54) is 42.7 Å². The van der Waals surface area contributed by atoms with Gasteiger partial charge in [-0.05, 0) is 257 Å². The summed E-state index contributed by atoms with van der Waals surface area (Å²) in [5.74, 6) is -15.5. The highest BCUT2D eigenvalue weighted by atomic mass is 127. The Morgan fingerprint density at radius 2 is 0.855 bits per heavy atom. The number of benzene rings is 5. The third kappa shape index (κ3) is 33.5. The van der Waals surface area contributed by atoms with Crippen LogP contribution in [0.3, 0.4) is 0 Å². The molecule has 19 N–H and O–H groups in total. The van der Waals surface area contributed by atoms with Gasteiger partial charge in [-0.1, -0.05) is 82.9 Å². The van der Waals surface area contributed by atoms with E-state index >= 15 is 0 Å².